The quantitative estimate of drug-likeness (QED) is 0.504. The maximum Gasteiger partial charge on any atom is 0.326 e. The molecule has 92 valence electrons. The number of hydrogen-bond donors (Lipinski definition) is 4. The Bertz CT molecular complexity index is 414. The number of rotatable bonds is 6. The Morgan fingerprint density at radius 3 is 2.59 bits per heavy atom. The molecule has 0 radical (unpaired) electrons. The van der Waals surface area contributed by atoms with Crippen molar-refractivity contribution in [3.05, 3.63) is 18.0 Å². The van der Waals surface area contributed by atoms with Crippen LogP contribution in [0.25, 0.3) is 0 Å². The van der Waals surface area contributed by atoms with Gasteiger partial charge in [0.2, 0.25) is 5.91 Å². The molecular weight excluding hydrogens is 230 g/mol. The van der Waals surface area contributed by atoms with Gasteiger partial charge in [-0.25, -0.2) is 4.79 Å². The van der Waals surface area contributed by atoms with Crippen LogP contribution in [0, 0.1) is 0 Å². The Morgan fingerprint density at radius 1 is 1.41 bits per heavy atom. The molecule has 0 fully saturated rings. The average Bonchev–Trinajstić information content (AvgIpc) is 2.68. The smallest absolute Gasteiger partial charge is 0.326 e. The topological polar surface area (TPSA) is 132 Å². The van der Waals surface area contributed by atoms with Gasteiger partial charge in [-0.3, -0.25) is 14.7 Å². The minimum atomic E-state index is -1.43. The maximum atomic E-state index is 11.4. The van der Waals surface area contributed by atoms with E-state index in [4.69, 9.17) is 10.2 Å². The molecule has 0 spiro atoms. The summed E-state index contributed by atoms with van der Waals surface area (Å²) in [5.41, 5.74) is 0.516. The summed E-state index contributed by atoms with van der Waals surface area (Å²) >= 11 is 0. The maximum absolute atomic E-state index is 11.4. The van der Waals surface area contributed by atoms with Crippen molar-refractivity contribution in [2.45, 2.75) is 18.9 Å². The molecular formula is C9H11N3O5. The molecule has 8 nitrogen and oxygen atoms in total. The summed E-state index contributed by atoms with van der Waals surface area (Å²) in [6.07, 6.45) is 0.710. The number of aromatic nitrogens is 2. The molecule has 0 aliphatic heterocycles. The second-order valence-electron chi connectivity index (χ2n) is 3.31. The van der Waals surface area contributed by atoms with Crippen LogP contribution in [0.15, 0.2) is 12.3 Å². The van der Waals surface area contributed by atoms with E-state index >= 15 is 0 Å². The minimum Gasteiger partial charge on any atom is -0.481 e. The highest BCUT2D eigenvalue weighted by atomic mass is 16.4. The van der Waals surface area contributed by atoms with E-state index in [0.29, 0.717) is 5.69 Å². The number of aliphatic carboxylic acids is 2. The first-order valence-electron chi connectivity index (χ1n) is 4.71. The van der Waals surface area contributed by atoms with E-state index in [0.717, 1.165) is 0 Å². The Labute approximate surface area is 95.6 Å². The standard InChI is InChI=1S/C9H11N3O5/c13-7(3-5-1-2-10-12-5)11-6(9(16)17)4-8(14)15/h1-2,6H,3-4H2,(H,10,12)(H,11,13)(H,14,15)(H,16,17)/t6-/m0/s1. The molecule has 0 aliphatic rings. The van der Waals surface area contributed by atoms with Gasteiger partial charge in [0.05, 0.1) is 12.8 Å². The number of carbonyl (C=O) groups is 3. The summed E-state index contributed by atoms with van der Waals surface area (Å²) in [6.45, 7) is 0. The summed E-state index contributed by atoms with van der Waals surface area (Å²) < 4.78 is 0. The minimum absolute atomic E-state index is 0.0800. The summed E-state index contributed by atoms with van der Waals surface area (Å²) in [5.74, 6) is -3.26. The molecule has 1 amide bonds. The van der Waals surface area contributed by atoms with Gasteiger partial charge in [-0.1, -0.05) is 0 Å². The SMILES string of the molecule is O=C(O)C[C@H](NC(=O)Cc1ccn[nH]1)C(=O)O. The molecule has 0 unspecified atom stereocenters. The third kappa shape index (κ3) is 4.33. The summed E-state index contributed by atoms with van der Waals surface area (Å²) in [4.78, 5) is 32.4. The van der Waals surface area contributed by atoms with Crippen LogP contribution in [0.3, 0.4) is 0 Å². The molecule has 4 N–H and O–H groups in total. The van der Waals surface area contributed by atoms with E-state index in [-0.39, 0.29) is 6.42 Å². The summed E-state index contributed by atoms with van der Waals surface area (Å²) in [5, 5.41) is 25.4. The third-order valence-corrected chi connectivity index (χ3v) is 1.92. The van der Waals surface area contributed by atoms with Crippen LogP contribution in [0.5, 0.6) is 0 Å². The third-order valence-electron chi connectivity index (χ3n) is 1.92. The van der Waals surface area contributed by atoms with Crippen molar-refractivity contribution in [1.82, 2.24) is 15.5 Å². The molecule has 1 rings (SSSR count). The fourth-order valence-corrected chi connectivity index (χ4v) is 1.18. The number of carboxylic acids is 2. The summed E-state index contributed by atoms with van der Waals surface area (Å²) in [6, 6.07) is 0.134. The number of carbonyl (C=O) groups excluding carboxylic acids is 1. The van der Waals surface area contributed by atoms with Gasteiger partial charge in [-0.05, 0) is 6.07 Å². The number of hydrogen-bond acceptors (Lipinski definition) is 4. The molecule has 8 heteroatoms. The van der Waals surface area contributed by atoms with Gasteiger partial charge in [0.1, 0.15) is 6.04 Å². The highest BCUT2D eigenvalue weighted by Gasteiger charge is 2.22. The van der Waals surface area contributed by atoms with Crippen molar-refractivity contribution in [2.75, 3.05) is 0 Å². The van der Waals surface area contributed by atoms with Gasteiger partial charge in [0.25, 0.3) is 0 Å². The molecule has 1 aromatic rings. The van der Waals surface area contributed by atoms with Crippen LogP contribution < -0.4 is 5.32 Å². The van der Waals surface area contributed by atoms with E-state index in [1.807, 2.05) is 0 Å². The van der Waals surface area contributed by atoms with Gasteiger partial charge < -0.3 is 15.5 Å². The number of aromatic amines is 1. The number of nitrogens with zero attached hydrogens (tertiary/aromatic N) is 1. The molecule has 1 aromatic heterocycles. The second kappa shape index (κ2) is 5.64. The second-order valence-corrected chi connectivity index (χ2v) is 3.31. The van der Waals surface area contributed by atoms with Gasteiger partial charge >= 0.3 is 11.9 Å². The number of carboxylic acid groups (broad SMARTS) is 2. The number of amides is 1. The van der Waals surface area contributed by atoms with E-state index < -0.39 is 30.3 Å². The Hall–Kier alpha value is -2.38. The fraction of sp³-hybridized carbons (Fsp3) is 0.333. The normalized spacial score (nSPS) is 11.8. The lowest BCUT2D eigenvalue weighted by Gasteiger charge is -2.11. The number of H-pyrrole nitrogens is 1. The van der Waals surface area contributed by atoms with Crippen molar-refractivity contribution in [3.63, 3.8) is 0 Å². The predicted molar refractivity (Wildman–Crippen MR) is 54.1 cm³/mol. The zero-order chi connectivity index (χ0) is 12.8. The molecule has 1 atom stereocenters. The summed E-state index contributed by atoms with van der Waals surface area (Å²) in [7, 11) is 0. The Morgan fingerprint density at radius 2 is 2.12 bits per heavy atom. The first-order chi connectivity index (χ1) is 7.99. The largest absolute Gasteiger partial charge is 0.481 e. The monoisotopic (exact) mass is 241 g/mol. The molecule has 0 bridgehead atoms. The van der Waals surface area contributed by atoms with Crippen LogP contribution in [0.2, 0.25) is 0 Å². The molecule has 17 heavy (non-hydrogen) atoms. The van der Waals surface area contributed by atoms with Crippen molar-refractivity contribution in [1.29, 1.82) is 0 Å². The molecule has 0 aliphatic carbocycles. The first-order valence-corrected chi connectivity index (χ1v) is 4.71. The van der Waals surface area contributed by atoms with Crippen LogP contribution in [0.1, 0.15) is 12.1 Å². The highest BCUT2D eigenvalue weighted by molar-refractivity contribution is 5.87. The van der Waals surface area contributed by atoms with Crippen molar-refractivity contribution < 1.29 is 24.6 Å². The van der Waals surface area contributed by atoms with Crippen LogP contribution >= 0.6 is 0 Å². The predicted octanol–water partition coefficient (Wildman–Crippen LogP) is -1.00. The Balaban J connectivity index is 2.52. The van der Waals surface area contributed by atoms with Gasteiger partial charge in [0, 0.05) is 11.9 Å². The number of nitrogens with one attached hydrogen (secondary N) is 2. The van der Waals surface area contributed by atoms with Crippen molar-refractivity contribution >= 4 is 17.8 Å². The molecule has 0 saturated heterocycles. The van der Waals surface area contributed by atoms with E-state index in [9.17, 15) is 14.4 Å². The van der Waals surface area contributed by atoms with E-state index in [1.165, 1.54) is 6.20 Å². The lowest BCUT2D eigenvalue weighted by molar-refractivity contribution is -0.147. The average molecular weight is 241 g/mol. The molecule has 1 heterocycles. The van der Waals surface area contributed by atoms with Gasteiger partial charge in [-0.15, -0.1) is 0 Å². The van der Waals surface area contributed by atoms with Crippen LogP contribution in [0.4, 0.5) is 0 Å². The molecule has 0 saturated carbocycles. The van der Waals surface area contributed by atoms with E-state index in [1.54, 1.807) is 6.07 Å². The van der Waals surface area contributed by atoms with E-state index in [2.05, 4.69) is 15.5 Å². The highest BCUT2D eigenvalue weighted by Crippen LogP contribution is 1.97. The fourth-order valence-electron chi connectivity index (χ4n) is 1.18. The lowest BCUT2D eigenvalue weighted by atomic mass is 10.2. The van der Waals surface area contributed by atoms with Crippen molar-refractivity contribution in [3.8, 4) is 0 Å². The first kappa shape index (κ1) is 12.7. The van der Waals surface area contributed by atoms with Crippen LogP contribution in [-0.4, -0.2) is 44.3 Å². The zero-order valence-corrected chi connectivity index (χ0v) is 8.71. The van der Waals surface area contributed by atoms with Crippen molar-refractivity contribution in [2.24, 2.45) is 0 Å². The zero-order valence-electron chi connectivity index (χ0n) is 8.71. The lowest BCUT2D eigenvalue weighted by Crippen LogP contribution is -2.42. The Kier molecular flexibility index (Phi) is 4.21. The van der Waals surface area contributed by atoms with Crippen LogP contribution in [-0.2, 0) is 20.8 Å². The van der Waals surface area contributed by atoms with Gasteiger partial charge in [-0.2, -0.15) is 5.10 Å². The molecule has 0 aromatic carbocycles. The van der Waals surface area contributed by atoms with Gasteiger partial charge in [0.15, 0.2) is 0 Å².